The SMILES string of the molecule is NCCCC(=O)Nc1ccccc1Sc1ccccc1. The third kappa shape index (κ3) is 4.40. The second-order valence-electron chi connectivity index (χ2n) is 4.35. The highest BCUT2D eigenvalue weighted by molar-refractivity contribution is 7.99. The Morgan fingerprint density at radius 1 is 1.05 bits per heavy atom. The standard InChI is InChI=1S/C16H18N2OS/c17-12-6-11-16(19)18-14-9-4-5-10-15(14)20-13-7-2-1-3-8-13/h1-5,7-10H,6,11-12,17H2,(H,18,19). The largest absolute Gasteiger partial charge is 0.330 e. The molecule has 0 saturated heterocycles. The molecule has 4 heteroatoms. The highest BCUT2D eigenvalue weighted by atomic mass is 32.2. The molecule has 0 heterocycles. The van der Waals surface area contributed by atoms with Crippen LogP contribution in [-0.4, -0.2) is 12.5 Å². The fraction of sp³-hybridized carbons (Fsp3) is 0.188. The van der Waals surface area contributed by atoms with Crippen molar-refractivity contribution >= 4 is 23.4 Å². The first kappa shape index (κ1) is 14.6. The number of benzene rings is 2. The third-order valence-corrected chi connectivity index (χ3v) is 3.82. The molecule has 0 bridgehead atoms. The van der Waals surface area contributed by atoms with Gasteiger partial charge >= 0.3 is 0 Å². The predicted molar refractivity (Wildman–Crippen MR) is 83.9 cm³/mol. The van der Waals surface area contributed by atoms with E-state index in [-0.39, 0.29) is 5.91 Å². The normalized spacial score (nSPS) is 10.2. The van der Waals surface area contributed by atoms with Crippen LogP contribution >= 0.6 is 11.8 Å². The van der Waals surface area contributed by atoms with E-state index in [1.807, 2.05) is 42.5 Å². The van der Waals surface area contributed by atoms with Crippen molar-refractivity contribution in [1.29, 1.82) is 0 Å². The van der Waals surface area contributed by atoms with E-state index in [9.17, 15) is 4.79 Å². The number of nitrogens with one attached hydrogen (secondary N) is 1. The Kier molecular flexibility index (Phi) is 5.65. The molecule has 0 spiro atoms. The number of carbonyl (C=O) groups is 1. The summed E-state index contributed by atoms with van der Waals surface area (Å²) in [5.74, 6) is 0.0107. The van der Waals surface area contributed by atoms with Crippen LogP contribution in [0.25, 0.3) is 0 Å². The van der Waals surface area contributed by atoms with Crippen molar-refractivity contribution in [2.24, 2.45) is 5.73 Å². The number of amides is 1. The second-order valence-corrected chi connectivity index (χ2v) is 5.47. The lowest BCUT2D eigenvalue weighted by Crippen LogP contribution is -2.13. The van der Waals surface area contributed by atoms with Crippen LogP contribution in [0.15, 0.2) is 64.4 Å². The average molecular weight is 286 g/mol. The summed E-state index contributed by atoms with van der Waals surface area (Å²) in [6, 6.07) is 17.9. The number of hydrogen-bond acceptors (Lipinski definition) is 3. The molecule has 0 aliphatic carbocycles. The molecule has 0 saturated carbocycles. The van der Waals surface area contributed by atoms with Gasteiger partial charge in [-0.3, -0.25) is 4.79 Å². The zero-order chi connectivity index (χ0) is 14.2. The highest BCUT2D eigenvalue weighted by Gasteiger charge is 2.07. The Bertz CT molecular complexity index is 557. The molecule has 3 N–H and O–H groups in total. The van der Waals surface area contributed by atoms with Crippen LogP contribution < -0.4 is 11.1 Å². The number of carbonyl (C=O) groups excluding carboxylic acids is 1. The molecule has 0 unspecified atom stereocenters. The van der Waals surface area contributed by atoms with Gasteiger partial charge in [-0.25, -0.2) is 0 Å². The van der Waals surface area contributed by atoms with Gasteiger partial charge in [0.15, 0.2) is 0 Å². The Morgan fingerprint density at radius 2 is 1.75 bits per heavy atom. The van der Waals surface area contributed by atoms with E-state index in [0.717, 1.165) is 15.5 Å². The Morgan fingerprint density at radius 3 is 2.50 bits per heavy atom. The summed E-state index contributed by atoms with van der Waals surface area (Å²) >= 11 is 1.64. The van der Waals surface area contributed by atoms with Gasteiger partial charge in [0.25, 0.3) is 0 Å². The van der Waals surface area contributed by atoms with Crippen LogP contribution in [0.4, 0.5) is 5.69 Å². The summed E-state index contributed by atoms with van der Waals surface area (Å²) in [5.41, 5.74) is 6.27. The summed E-state index contributed by atoms with van der Waals surface area (Å²) < 4.78 is 0. The molecular weight excluding hydrogens is 268 g/mol. The van der Waals surface area contributed by atoms with Gasteiger partial charge in [-0.1, -0.05) is 42.1 Å². The zero-order valence-corrected chi connectivity index (χ0v) is 12.0. The van der Waals surface area contributed by atoms with E-state index >= 15 is 0 Å². The molecule has 2 aromatic rings. The van der Waals surface area contributed by atoms with Crippen LogP contribution in [0.2, 0.25) is 0 Å². The first-order valence-electron chi connectivity index (χ1n) is 6.61. The number of rotatable bonds is 6. The van der Waals surface area contributed by atoms with Gasteiger partial charge in [0.2, 0.25) is 5.91 Å². The summed E-state index contributed by atoms with van der Waals surface area (Å²) in [4.78, 5) is 14.0. The van der Waals surface area contributed by atoms with Crippen molar-refractivity contribution < 1.29 is 4.79 Å². The maximum absolute atomic E-state index is 11.8. The van der Waals surface area contributed by atoms with E-state index in [4.69, 9.17) is 5.73 Å². The molecule has 104 valence electrons. The van der Waals surface area contributed by atoms with Gasteiger partial charge in [0.05, 0.1) is 5.69 Å². The van der Waals surface area contributed by atoms with E-state index in [2.05, 4.69) is 17.4 Å². The highest BCUT2D eigenvalue weighted by Crippen LogP contribution is 2.33. The van der Waals surface area contributed by atoms with Gasteiger partial charge < -0.3 is 11.1 Å². The fourth-order valence-electron chi connectivity index (χ4n) is 1.75. The van der Waals surface area contributed by atoms with Crippen molar-refractivity contribution in [1.82, 2.24) is 0 Å². The first-order chi connectivity index (χ1) is 9.79. The molecule has 0 aliphatic heterocycles. The quantitative estimate of drug-likeness (QED) is 0.854. The second kappa shape index (κ2) is 7.72. The fourth-order valence-corrected chi connectivity index (χ4v) is 2.67. The van der Waals surface area contributed by atoms with Crippen molar-refractivity contribution in [2.45, 2.75) is 22.6 Å². The Labute approximate surface area is 123 Å². The zero-order valence-electron chi connectivity index (χ0n) is 11.2. The van der Waals surface area contributed by atoms with Crippen LogP contribution in [0, 0.1) is 0 Å². The lowest BCUT2D eigenvalue weighted by molar-refractivity contribution is -0.116. The van der Waals surface area contributed by atoms with Gasteiger partial charge in [0, 0.05) is 16.2 Å². The smallest absolute Gasteiger partial charge is 0.224 e. The predicted octanol–water partition coefficient (Wildman–Crippen LogP) is 3.52. The minimum Gasteiger partial charge on any atom is -0.330 e. The average Bonchev–Trinajstić information content (AvgIpc) is 2.48. The molecule has 20 heavy (non-hydrogen) atoms. The molecule has 2 aromatic carbocycles. The lowest BCUT2D eigenvalue weighted by Gasteiger charge is -2.10. The minimum absolute atomic E-state index is 0.0107. The topological polar surface area (TPSA) is 55.1 Å². The van der Waals surface area contributed by atoms with Crippen LogP contribution in [0.5, 0.6) is 0 Å². The minimum atomic E-state index is 0.0107. The molecule has 0 atom stereocenters. The van der Waals surface area contributed by atoms with Crippen molar-refractivity contribution in [3.63, 3.8) is 0 Å². The van der Waals surface area contributed by atoms with Crippen LogP contribution in [0.1, 0.15) is 12.8 Å². The van der Waals surface area contributed by atoms with Crippen molar-refractivity contribution in [3.05, 3.63) is 54.6 Å². The Balaban J connectivity index is 2.08. The molecule has 0 aliphatic rings. The van der Waals surface area contributed by atoms with Gasteiger partial charge in [-0.15, -0.1) is 0 Å². The summed E-state index contributed by atoms with van der Waals surface area (Å²) in [7, 11) is 0. The Hall–Kier alpha value is -1.78. The third-order valence-electron chi connectivity index (χ3n) is 2.74. The van der Waals surface area contributed by atoms with Crippen LogP contribution in [-0.2, 0) is 4.79 Å². The number of anilines is 1. The van der Waals surface area contributed by atoms with Crippen LogP contribution in [0.3, 0.4) is 0 Å². The molecule has 0 fully saturated rings. The maximum atomic E-state index is 11.8. The molecular formula is C16H18N2OS. The number of para-hydroxylation sites is 1. The van der Waals surface area contributed by atoms with E-state index < -0.39 is 0 Å². The molecule has 0 aromatic heterocycles. The van der Waals surface area contributed by atoms with Gasteiger partial charge in [-0.05, 0) is 37.2 Å². The van der Waals surface area contributed by atoms with Gasteiger partial charge in [-0.2, -0.15) is 0 Å². The summed E-state index contributed by atoms with van der Waals surface area (Å²) in [6.07, 6.45) is 1.17. The summed E-state index contributed by atoms with van der Waals surface area (Å²) in [5, 5.41) is 2.95. The van der Waals surface area contributed by atoms with Crippen molar-refractivity contribution in [3.8, 4) is 0 Å². The van der Waals surface area contributed by atoms with Gasteiger partial charge in [0.1, 0.15) is 0 Å². The monoisotopic (exact) mass is 286 g/mol. The molecule has 3 nitrogen and oxygen atoms in total. The number of nitrogens with two attached hydrogens (primary N) is 1. The van der Waals surface area contributed by atoms with E-state index in [0.29, 0.717) is 19.4 Å². The first-order valence-corrected chi connectivity index (χ1v) is 7.43. The van der Waals surface area contributed by atoms with Crippen molar-refractivity contribution in [2.75, 3.05) is 11.9 Å². The van der Waals surface area contributed by atoms with E-state index in [1.165, 1.54) is 0 Å². The maximum Gasteiger partial charge on any atom is 0.224 e. The summed E-state index contributed by atoms with van der Waals surface area (Å²) in [6.45, 7) is 0.536. The number of hydrogen-bond donors (Lipinski definition) is 2. The molecule has 0 radical (unpaired) electrons. The molecule has 1 amide bonds. The van der Waals surface area contributed by atoms with E-state index in [1.54, 1.807) is 11.8 Å². The lowest BCUT2D eigenvalue weighted by atomic mass is 10.2. The molecule has 2 rings (SSSR count).